The van der Waals surface area contributed by atoms with Gasteiger partial charge in [0.25, 0.3) is 5.91 Å². The molecular weight excluding hydrogens is 436 g/mol. The molecule has 0 radical (unpaired) electrons. The fourth-order valence-corrected chi connectivity index (χ4v) is 4.31. The molecule has 2 aromatic heterocycles. The molecule has 1 amide bonds. The van der Waals surface area contributed by atoms with E-state index in [9.17, 15) is 4.79 Å². The number of carbonyl (C=O) groups is 1. The number of nitrogens with zero attached hydrogens (tertiary/aromatic N) is 3. The van der Waals surface area contributed by atoms with Gasteiger partial charge in [0.05, 0.1) is 19.1 Å². The number of thioether (sulfide) groups is 1. The highest BCUT2D eigenvalue weighted by molar-refractivity contribution is 7.98. The average Bonchev–Trinajstić information content (AvgIpc) is 3.51. The Morgan fingerprint density at radius 2 is 1.88 bits per heavy atom. The molecule has 0 unspecified atom stereocenters. The van der Waals surface area contributed by atoms with Crippen LogP contribution in [0.2, 0.25) is 0 Å². The highest BCUT2D eigenvalue weighted by atomic mass is 32.2. The largest absolute Gasteiger partial charge is 0.495 e. The lowest BCUT2D eigenvalue weighted by Gasteiger charge is -2.14. The summed E-state index contributed by atoms with van der Waals surface area (Å²) in [6.07, 6.45) is 1.61. The zero-order valence-electron chi connectivity index (χ0n) is 18.8. The van der Waals surface area contributed by atoms with E-state index in [0.29, 0.717) is 46.3 Å². The van der Waals surface area contributed by atoms with Gasteiger partial charge in [0.2, 0.25) is 5.82 Å². The maximum atomic E-state index is 12.7. The van der Waals surface area contributed by atoms with Gasteiger partial charge in [-0.05, 0) is 41.8 Å². The number of carbonyl (C=O) groups excluding carboxylic acids is 1. The molecule has 2 aromatic carbocycles. The molecule has 4 aromatic rings. The van der Waals surface area contributed by atoms with Crippen LogP contribution in [0.25, 0.3) is 17.3 Å². The monoisotopic (exact) mass is 462 g/mol. The summed E-state index contributed by atoms with van der Waals surface area (Å²) in [4.78, 5) is 12.7. The lowest BCUT2D eigenvalue weighted by molar-refractivity contribution is 0.0948. The highest BCUT2D eigenvalue weighted by Gasteiger charge is 2.21. The maximum Gasteiger partial charge on any atom is 0.251 e. The van der Waals surface area contributed by atoms with Crippen LogP contribution < -0.4 is 10.1 Å². The van der Waals surface area contributed by atoms with E-state index in [1.165, 1.54) is 11.8 Å². The number of nitrogens with one attached hydrogen (secondary N) is 1. The SMILES string of the molecule is COc1ccccc1-n1c(SCc2ccccc2C(=O)NCC(C)C)nnc1-c1ccco1. The van der Waals surface area contributed by atoms with E-state index < -0.39 is 0 Å². The van der Waals surface area contributed by atoms with Crippen molar-refractivity contribution in [2.75, 3.05) is 13.7 Å². The number of amides is 1. The van der Waals surface area contributed by atoms with E-state index in [0.717, 1.165) is 11.3 Å². The topological polar surface area (TPSA) is 82.2 Å². The third-order valence-corrected chi connectivity index (χ3v) is 5.97. The summed E-state index contributed by atoms with van der Waals surface area (Å²) >= 11 is 1.50. The molecule has 0 spiro atoms. The molecule has 0 aliphatic rings. The summed E-state index contributed by atoms with van der Waals surface area (Å²) in [7, 11) is 1.63. The number of benzene rings is 2. The molecule has 7 nitrogen and oxygen atoms in total. The lowest BCUT2D eigenvalue weighted by Crippen LogP contribution is -2.28. The standard InChI is InChI=1S/C25H26N4O3S/c1-17(2)15-26-24(30)19-10-5-4-9-18(19)16-33-25-28-27-23(22-13-8-14-32-22)29(25)20-11-6-7-12-21(20)31-3/h4-14,17H,15-16H2,1-3H3,(H,26,30). The normalized spacial score (nSPS) is 11.0. The smallest absolute Gasteiger partial charge is 0.251 e. The van der Waals surface area contributed by atoms with E-state index >= 15 is 0 Å². The first kappa shape index (κ1) is 22.7. The van der Waals surface area contributed by atoms with Crippen molar-refractivity contribution in [1.29, 1.82) is 0 Å². The molecule has 0 bridgehead atoms. The van der Waals surface area contributed by atoms with E-state index in [2.05, 4.69) is 29.4 Å². The fraction of sp³-hybridized carbons (Fsp3) is 0.240. The molecule has 33 heavy (non-hydrogen) atoms. The molecule has 0 aliphatic carbocycles. The highest BCUT2D eigenvalue weighted by Crippen LogP contribution is 2.34. The minimum absolute atomic E-state index is 0.0672. The molecule has 0 saturated heterocycles. The average molecular weight is 463 g/mol. The fourth-order valence-electron chi connectivity index (χ4n) is 3.36. The van der Waals surface area contributed by atoms with Gasteiger partial charge < -0.3 is 14.5 Å². The Hall–Kier alpha value is -3.52. The maximum absolute atomic E-state index is 12.7. The number of furan rings is 1. The van der Waals surface area contributed by atoms with Crippen LogP contribution in [0.1, 0.15) is 29.8 Å². The molecular formula is C25H26N4O3S. The number of aromatic nitrogens is 3. The summed E-state index contributed by atoms with van der Waals surface area (Å²) in [6, 6.07) is 19.0. The minimum Gasteiger partial charge on any atom is -0.495 e. The van der Waals surface area contributed by atoms with Gasteiger partial charge in [0, 0.05) is 17.9 Å². The van der Waals surface area contributed by atoms with Crippen molar-refractivity contribution in [3.63, 3.8) is 0 Å². The van der Waals surface area contributed by atoms with Crippen molar-refractivity contribution in [2.45, 2.75) is 24.8 Å². The lowest BCUT2D eigenvalue weighted by atomic mass is 10.1. The predicted octanol–water partition coefficient (Wildman–Crippen LogP) is 5.21. The molecule has 4 rings (SSSR count). The van der Waals surface area contributed by atoms with Crippen LogP contribution in [0.15, 0.2) is 76.5 Å². The van der Waals surface area contributed by atoms with Crippen molar-refractivity contribution >= 4 is 17.7 Å². The van der Waals surface area contributed by atoms with E-state index in [1.807, 2.05) is 65.2 Å². The van der Waals surface area contributed by atoms with Crippen molar-refractivity contribution < 1.29 is 13.9 Å². The second-order valence-corrected chi connectivity index (χ2v) is 8.78. The summed E-state index contributed by atoms with van der Waals surface area (Å²) < 4.78 is 13.1. The van der Waals surface area contributed by atoms with Gasteiger partial charge >= 0.3 is 0 Å². The Balaban J connectivity index is 1.66. The molecule has 170 valence electrons. The third-order valence-electron chi connectivity index (χ3n) is 4.99. The third kappa shape index (κ3) is 5.12. The Kier molecular flexibility index (Phi) is 7.14. The van der Waals surface area contributed by atoms with Gasteiger partial charge in [-0.3, -0.25) is 9.36 Å². The van der Waals surface area contributed by atoms with Crippen LogP contribution in [-0.4, -0.2) is 34.3 Å². The molecule has 0 atom stereocenters. The van der Waals surface area contributed by atoms with Crippen molar-refractivity contribution in [3.05, 3.63) is 78.1 Å². The summed E-state index contributed by atoms with van der Waals surface area (Å²) in [6.45, 7) is 4.78. The molecule has 0 fully saturated rings. The van der Waals surface area contributed by atoms with Gasteiger partial charge in [-0.1, -0.05) is 55.9 Å². The zero-order chi connectivity index (χ0) is 23.2. The summed E-state index contributed by atoms with van der Waals surface area (Å²) in [5.74, 6) is 2.75. The van der Waals surface area contributed by atoms with Crippen LogP contribution in [-0.2, 0) is 5.75 Å². The number of rotatable bonds is 9. The van der Waals surface area contributed by atoms with Crippen LogP contribution in [0.4, 0.5) is 0 Å². The Morgan fingerprint density at radius 3 is 2.64 bits per heavy atom. The van der Waals surface area contributed by atoms with Crippen molar-refractivity contribution in [3.8, 4) is 23.0 Å². The van der Waals surface area contributed by atoms with Crippen molar-refractivity contribution in [1.82, 2.24) is 20.1 Å². The van der Waals surface area contributed by atoms with Gasteiger partial charge in [-0.25, -0.2) is 0 Å². The Labute approximate surface area is 197 Å². The van der Waals surface area contributed by atoms with Gasteiger partial charge in [0.1, 0.15) is 5.75 Å². The molecule has 0 saturated carbocycles. The van der Waals surface area contributed by atoms with Gasteiger partial charge in [0.15, 0.2) is 10.9 Å². The predicted molar refractivity (Wildman–Crippen MR) is 129 cm³/mol. The first-order valence-electron chi connectivity index (χ1n) is 10.7. The van der Waals surface area contributed by atoms with Gasteiger partial charge in [-0.15, -0.1) is 10.2 Å². The van der Waals surface area contributed by atoms with E-state index in [-0.39, 0.29) is 5.91 Å². The van der Waals surface area contributed by atoms with Crippen molar-refractivity contribution in [2.24, 2.45) is 5.92 Å². The van der Waals surface area contributed by atoms with Gasteiger partial charge in [-0.2, -0.15) is 0 Å². The number of hydrogen-bond acceptors (Lipinski definition) is 6. The number of methoxy groups -OCH3 is 1. The second-order valence-electron chi connectivity index (χ2n) is 7.84. The summed E-state index contributed by atoms with van der Waals surface area (Å²) in [5, 5.41) is 12.5. The zero-order valence-corrected chi connectivity index (χ0v) is 19.6. The van der Waals surface area contributed by atoms with Crippen LogP contribution in [0, 0.1) is 5.92 Å². The first-order valence-corrected chi connectivity index (χ1v) is 11.7. The number of ether oxygens (including phenoxy) is 1. The van der Waals surface area contributed by atoms with E-state index in [4.69, 9.17) is 9.15 Å². The van der Waals surface area contributed by atoms with Crippen LogP contribution in [0.3, 0.4) is 0 Å². The molecule has 0 aliphatic heterocycles. The molecule has 2 heterocycles. The summed E-state index contributed by atoms with van der Waals surface area (Å²) in [5.41, 5.74) is 2.40. The number of hydrogen-bond donors (Lipinski definition) is 1. The minimum atomic E-state index is -0.0672. The van der Waals surface area contributed by atoms with Crippen LogP contribution in [0.5, 0.6) is 5.75 Å². The Morgan fingerprint density at radius 1 is 1.09 bits per heavy atom. The Bertz CT molecular complexity index is 1220. The quantitative estimate of drug-likeness (QED) is 0.344. The molecule has 1 N–H and O–H groups in total. The first-order chi connectivity index (χ1) is 16.1. The second kappa shape index (κ2) is 10.4. The van der Waals surface area contributed by atoms with Crippen LogP contribution >= 0.6 is 11.8 Å². The number of para-hydroxylation sites is 2. The molecule has 8 heteroatoms. The van der Waals surface area contributed by atoms with E-state index in [1.54, 1.807) is 13.4 Å².